The molecule has 4 rings (SSSR count). The van der Waals surface area contributed by atoms with Crippen molar-refractivity contribution in [3.05, 3.63) is 71.3 Å². The molecule has 0 aromatic heterocycles. The monoisotopic (exact) mass is 275 g/mol. The number of allylic oxidation sites excluding steroid dienone is 1. The van der Waals surface area contributed by atoms with Crippen molar-refractivity contribution >= 4 is 17.1 Å². The Labute approximate surface area is 124 Å². The number of ketones is 1. The van der Waals surface area contributed by atoms with Crippen molar-refractivity contribution in [1.29, 1.82) is 0 Å². The Morgan fingerprint density at radius 3 is 2.10 bits per heavy atom. The standard InChI is InChI=1S/C19H17NO/c21-19-16-11-5-4-10-15(16)18(20-12-6-7-13-20)17(19)14-8-2-1-3-9-14/h1-5,8-11H,6-7,12-13H2. The third-order valence-corrected chi connectivity index (χ3v) is 4.38. The van der Waals surface area contributed by atoms with Crippen LogP contribution < -0.4 is 0 Å². The number of hydrogen-bond donors (Lipinski definition) is 0. The summed E-state index contributed by atoms with van der Waals surface area (Å²) in [5.41, 5.74) is 4.99. The molecular weight excluding hydrogens is 258 g/mol. The molecule has 0 unspecified atom stereocenters. The van der Waals surface area contributed by atoms with Gasteiger partial charge in [0.15, 0.2) is 5.78 Å². The average molecular weight is 275 g/mol. The number of nitrogens with zero attached hydrogens (tertiary/aromatic N) is 1. The van der Waals surface area contributed by atoms with Crippen LogP contribution in [-0.2, 0) is 0 Å². The Bertz CT molecular complexity index is 724. The van der Waals surface area contributed by atoms with Gasteiger partial charge in [0.1, 0.15) is 0 Å². The highest BCUT2D eigenvalue weighted by Gasteiger charge is 2.33. The Hall–Kier alpha value is -2.35. The summed E-state index contributed by atoms with van der Waals surface area (Å²) < 4.78 is 0. The lowest BCUT2D eigenvalue weighted by molar-refractivity contribution is 0.105. The van der Waals surface area contributed by atoms with Gasteiger partial charge in [0, 0.05) is 24.2 Å². The van der Waals surface area contributed by atoms with Crippen LogP contribution in [0.2, 0.25) is 0 Å². The second kappa shape index (κ2) is 4.88. The zero-order chi connectivity index (χ0) is 14.2. The van der Waals surface area contributed by atoms with Gasteiger partial charge in [-0.3, -0.25) is 4.79 Å². The minimum absolute atomic E-state index is 0.165. The fraction of sp³-hybridized carbons (Fsp3) is 0.211. The SMILES string of the molecule is O=C1C(c2ccccc2)=C(N2CCCC2)c2ccccc21. The second-order valence-corrected chi connectivity index (χ2v) is 5.66. The van der Waals surface area contributed by atoms with Crippen LogP contribution in [-0.4, -0.2) is 23.8 Å². The number of likely N-dealkylation sites (tertiary alicyclic amines) is 1. The highest BCUT2D eigenvalue weighted by Crippen LogP contribution is 2.41. The maximum absolute atomic E-state index is 12.9. The van der Waals surface area contributed by atoms with Crippen LogP contribution in [0.15, 0.2) is 54.6 Å². The quantitative estimate of drug-likeness (QED) is 0.829. The summed E-state index contributed by atoms with van der Waals surface area (Å²) in [6.07, 6.45) is 2.42. The van der Waals surface area contributed by atoms with Gasteiger partial charge >= 0.3 is 0 Å². The van der Waals surface area contributed by atoms with Crippen molar-refractivity contribution in [2.45, 2.75) is 12.8 Å². The smallest absolute Gasteiger partial charge is 0.196 e. The molecule has 2 aliphatic rings. The molecule has 2 heteroatoms. The van der Waals surface area contributed by atoms with Crippen LogP contribution in [0.25, 0.3) is 11.3 Å². The molecule has 2 aromatic rings. The number of benzene rings is 2. The van der Waals surface area contributed by atoms with E-state index < -0.39 is 0 Å². The van der Waals surface area contributed by atoms with E-state index in [0.29, 0.717) is 0 Å². The number of rotatable bonds is 2. The largest absolute Gasteiger partial charge is 0.370 e. The third-order valence-electron chi connectivity index (χ3n) is 4.38. The molecule has 0 spiro atoms. The summed E-state index contributed by atoms with van der Waals surface area (Å²) in [6, 6.07) is 18.1. The first-order chi connectivity index (χ1) is 10.4. The average Bonchev–Trinajstić information content (AvgIpc) is 3.15. The van der Waals surface area contributed by atoms with Crippen molar-refractivity contribution in [3.63, 3.8) is 0 Å². The molecule has 1 fully saturated rings. The Balaban J connectivity index is 1.95. The first-order valence-corrected chi connectivity index (χ1v) is 7.55. The number of carbonyl (C=O) groups excluding carboxylic acids is 1. The third kappa shape index (κ3) is 1.90. The van der Waals surface area contributed by atoms with Gasteiger partial charge < -0.3 is 4.90 Å². The maximum Gasteiger partial charge on any atom is 0.196 e. The van der Waals surface area contributed by atoms with Gasteiger partial charge in [0.05, 0.1) is 11.3 Å². The van der Waals surface area contributed by atoms with E-state index in [2.05, 4.69) is 11.0 Å². The summed E-state index contributed by atoms with van der Waals surface area (Å²) in [4.78, 5) is 15.3. The number of Topliss-reactive ketones (excluding diaryl/α,β-unsaturated/α-hetero) is 1. The molecule has 1 aliphatic carbocycles. The van der Waals surface area contributed by atoms with E-state index in [4.69, 9.17) is 0 Å². The van der Waals surface area contributed by atoms with Crippen molar-refractivity contribution in [2.75, 3.05) is 13.1 Å². The predicted molar refractivity (Wildman–Crippen MR) is 84.8 cm³/mol. The van der Waals surface area contributed by atoms with E-state index in [1.165, 1.54) is 12.8 Å². The molecule has 21 heavy (non-hydrogen) atoms. The van der Waals surface area contributed by atoms with Crippen molar-refractivity contribution in [2.24, 2.45) is 0 Å². The van der Waals surface area contributed by atoms with Crippen LogP contribution in [0.5, 0.6) is 0 Å². The van der Waals surface area contributed by atoms with Crippen molar-refractivity contribution in [1.82, 2.24) is 4.90 Å². The molecule has 0 atom stereocenters. The number of fused-ring (bicyclic) bond motifs is 1. The van der Waals surface area contributed by atoms with E-state index in [1.807, 2.05) is 48.5 Å². The lowest BCUT2D eigenvalue weighted by Gasteiger charge is -2.21. The first kappa shape index (κ1) is 12.4. The summed E-state index contributed by atoms with van der Waals surface area (Å²) in [5, 5.41) is 0. The van der Waals surface area contributed by atoms with Gasteiger partial charge in [-0.2, -0.15) is 0 Å². The Morgan fingerprint density at radius 2 is 1.38 bits per heavy atom. The van der Waals surface area contributed by atoms with E-state index in [1.54, 1.807) is 0 Å². The van der Waals surface area contributed by atoms with E-state index in [-0.39, 0.29) is 5.78 Å². The summed E-state index contributed by atoms with van der Waals surface area (Å²) in [6.45, 7) is 2.10. The van der Waals surface area contributed by atoms with Gasteiger partial charge in [-0.25, -0.2) is 0 Å². The zero-order valence-electron chi connectivity index (χ0n) is 11.9. The molecule has 0 N–H and O–H groups in total. The molecule has 104 valence electrons. The summed E-state index contributed by atoms with van der Waals surface area (Å²) >= 11 is 0. The molecule has 0 bridgehead atoms. The van der Waals surface area contributed by atoms with Gasteiger partial charge in [-0.05, 0) is 18.4 Å². The van der Waals surface area contributed by atoms with Crippen LogP contribution in [0.3, 0.4) is 0 Å². The summed E-state index contributed by atoms with van der Waals surface area (Å²) in [7, 11) is 0. The molecule has 1 heterocycles. The van der Waals surface area contributed by atoms with E-state index in [9.17, 15) is 4.79 Å². The first-order valence-electron chi connectivity index (χ1n) is 7.55. The topological polar surface area (TPSA) is 20.3 Å². The Kier molecular flexibility index (Phi) is 2.88. The lowest BCUT2D eigenvalue weighted by atomic mass is 10.0. The molecule has 0 amide bonds. The molecule has 2 nitrogen and oxygen atoms in total. The van der Waals surface area contributed by atoms with Crippen LogP contribution in [0, 0.1) is 0 Å². The minimum Gasteiger partial charge on any atom is -0.370 e. The van der Waals surface area contributed by atoms with Crippen LogP contribution in [0.1, 0.15) is 34.3 Å². The molecule has 0 saturated carbocycles. The summed E-state index contributed by atoms with van der Waals surface area (Å²) in [5.74, 6) is 0.165. The van der Waals surface area contributed by atoms with E-state index >= 15 is 0 Å². The normalized spacial score (nSPS) is 17.5. The minimum atomic E-state index is 0.165. The van der Waals surface area contributed by atoms with Crippen molar-refractivity contribution in [3.8, 4) is 0 Å². The molecule has 2 aromatic carbocycles. The van der Waals surface area contributed by atoms with E-state index in [0.717, 1.165) is 41.1 Å². The molecular formula is C19H17NO. The lowest BCUT2D eigenvalue weighted by Crippen LogP contribution is -2.17. The molecule has 1 saturated heterocycles. The number of hydrogen-bond acceptors (Lipinski definition) is 2. The maximum atomic E-state index is 12.9. The zero-order valence-corrected chi connectivity index (χ0v) is 11.9. The fourth-order valence-electron chi connectivity index (χ4n) is 3.41. The Morgan fingerprint density at radius 1 is 0.762 bits per heavy atom. The van der Waals surface area contributed by atoms with Crippen LogP contribution >= 0.6 is 0 Å². The highest BCUT2D eigenvalue weighted by molar-refractivity contribution is 6.39. The fourth-order valence-corrected chi connectivity index (χ4v) is 3.41. The molecule has 1 aliphatic heterocycles. The second-order valence-electron chi connectivity index (χ2n) is 5.66. The van der Waals surface area contributed by atoms with Gasteiger partial charge in [-0.1, -0.05) is 54.6 Å². The van der Waals surface area contributed by atoms with Crippen molar-refractivity contribution < 1.29 is 4.79 Å². The van der Waals surface area contributed by atoms with Crippen LogP contribution in [0.4, 0.5) is 0 Å². The van der Waals surface area contributed by atoms with Gasteiger partial charge in [0.25, 0.3) is 0 Å². The number of carbonyl (C=O) groups is 1. The highest BCUT2D eigenvalue weighted by atomic mass is 16.1. The van der Waals surface area contributed by atoms with Gasteiger partial charge in [-0.15, -0.1) is 0 Å². The predicted octanol–water partition coefficient (Wildman–Crippen LogP) is 3.85. The van der Waals surface area contributed by atoms with Gasteiger partial charge in [0.2, 0.25) is 0 Å². The molecule has 0 radical (unpaired) electrons.